The molecular weight excluding hydrogens is 247 g/mol. The lowest BCUT2D eigenvalue weighted by Gasteiger charge is -2.41. The lowest BCUT2D eigenvalue weighted by atomic mass is 10.1. The van der Waals surface area contributed by atoms with Crippen LogP contribution in [-0.2, 0) is 4.79 Å². The number of hydrogen-bond donors (Lipinski definition) is 1. The third-order valence-corrected chi connectivity index (χ3v) is 3.59. The molecule has 19 heavy (non-hydrogen) atoms. The minimum absolute atomic E-state index is 0.0379. The molecule has 104 valence electrons. The fraction of sp³-hybridized carbons (Fsp3) is 0.500. The van der Waals surface area contributed by atoms with Gasteiger partial charge in [-0.15, -0.1) is 0 Å². The third kappa shape index (κ3) is 3.11. The van der Waals surface area contributed by atoms with Crippen molar-refractivity contribution in [3.8, 4) is 0 Å². The van der Waals surface area contributed by atoms with Crippen LogP contribution in [0, 0.1) is 5.82 Å². The lowest BCUT2D eigenvalue weighted by molar-refractivity contribution is -0.135. The second-order valence-electron chi connectivity index (χ2n) is 4.98. The van der Waals surface area contributed by atoms with Crippen LogP contribution in [0.15, 0.2) is 24.3 Å². The molecule has 1 amide bonds. The molecule has 2 rings (SSSR count). The van der Waals surface area contributed by atoms with E-state index in [0.717, 1.165) is 0 Å². The molecule has 1 aliphatic heterocycles. The number of aliphatic hydroxyl groups is 1. The summed E-state index contributed by atoms with van der Waals surface area (Å²) in [7, 11) is 0. The Morgan fingerprint density at radius 2 is 2.21 bits per heavy atom. The molecule has 1 fully saturated rings. The van der Waals surface area contributed by atoms with Gasteiger partial charge < -0.3 is 10.0 Å². The van der Waals surface area contributed by atoms with E-state index in [9.17, 15) is 14.3 Å². The molecule has 2 unspecified atom stereocenters. The molecule has 1 aromatic rings. The van der Waals surface area contributed by atoms with Gasteiger partial charge in [-0.3, -0.25) is 9.69 Å². The molecule has 0 aliphatic carbocycles. The monoisotopic (exact) mass is 266 g/mol. The van der Waals surface area contributed by atoms with Crippen LogP contribution >= 0.6 is 0 Å². The van der Waals surface area contributed by atoms with E-state index in [2.05, 4.69) is 0 Å². The fourth-order valence-corrected chi connectivity index (χ4v) is 2.48. The second kappa shape index (κ2) is 5.67. The van der Waals surface area contributed by atoms with Gasteiger partial charge in [0.25, 0.3) is 0 Å². The molecule has 2 atom stereocenters. The zero-order valence-corrected chi connectivity index (χ0v) is 11.2. The Hall–Kier alpha value is -1.46. The van der Waals surface area contributed by atoms with Gasteiger partial charge in [0.2, 0.25) is 5.91 Å². The van der Waals surface area contributed by atoms with Gasteiger partial charge in [0.1, 0.15) is 12.0 Å². The molecule has 4 nitrogen and oxygen atoms in total. The molecule has 1 aromatic carbocycles. The molecule has 1 saturated heterocycles. The van der Waals surface area contributed by atoms with E-state index < -0.39 is 6.23 Å². The van der Waals surface area contributed by atoms with E-state index in [0.29, 0.717) is 25.2 Å². The Balaban J connectivity index is 2.08. The molecule has 0 spiro atoms. The number of aliphatic hydroxyl groups excluding tert-OH is 1. The van der Waals surface area contributed by atoms with Crippen LogP contribution in [0.2, 0.25) is 0 Å². The molecule has 1 heterocycles. The summed E-state index contributed by atoms with van der Waals surface area (Å²) in [5, 5.41) is 10.3. The van der Waals surface area contributed by atoms with Gasteiger partial charge in [0, 0.05) is 32.6 Å². The van der Waals surface area contributed by atoms with E-state index in [-0.39, 0.29) is 17.8 Å². The Morgan fingerprint density at radius 1 is 1.47 bits per heavy atom. The van der Waals surface area contributed by atoms with E-state index in [4.69, 9.17) is 0 Å². The highest BCUT2D eigenvalue weighted by atomic mass is 19.1. The Labute approximate surface area is 112 Å². The number of rotatable bonds is 2. The van der Waals surface area contributed by atoms with Crippen LogP contribution in [-0.4, -0.2) is 46.5 Å². The largest absolute Gasteiger partial charge is 0.374 e. The molecule has 0 bridgehead atoms. The summed E-state index contributed by atoms with van der Waals surface area (Å²) in [6.07, 6.45) is -0.834. The molecule has 0 radical (unpaired) electrons. The van der Waals surface area contributed by atoms with E-state index in [1.807, 2.05) is 11.8 Å². The molecule has 1 N–H and O–H groups in total. The van der Waals surface area contributed by atoms with Crippen LogP contribution in [0.5, 0.6) is 0 Å². The number of amides is 1. The smallest absolute Gasteiger partial charge is 0.219 e. The van der Waals surface area contributed by atoms with Crippen molar-refractivity contribution in [3.63, 3.8) is 0 Å². The number of nitrogens with zero attached hydrogens (tertiary/aromatic N) is 2. The third-order valence-electron chi connectivity index (χ3n) is 3.59. The summed E-state index contributed by atoms with van der Waals surface area (Å²) in [5.74, 6) is -0.307. The van der Waals surface area contributed by atoms with Crippen molar-refractivity contribution in [2.24, 2.45) is 0 Å². The van der Waals surface area contributed by atoms with Crippen LogP contribution in [0.3, 0.4) is 0 Å². The average Bonchev–Trinajstić information content (AvgIpc) is 2.37. The van der Waals surface area contributed by atoms with Gasteiger partial charge in [-0.05, 0) is 24.6 Å². The lowest BCUT2D eigenvalue weighted by Crippen LogP contribution is -2.54. The quantitative estimate of drug-likeness (QED) is 0.879. The topological polar surface area (TPSA) is 43.8 Å². The van der Waals surface area contributed by atoms with Crippen molar-refractivity contribution in [2.45, 2.75) is 26.1 Å². The normalized spacial score (nSPS) is 22.3. The first-order valence-corrected chi connectivity index (χ1v) is 6.44. The van der Waals surface area contributed by atoms with E-state index in [1.54, 1.807) is 24.0 Å². The molecule has 0 aromatic heterocycles. The minimum Gasteiger partial charge on any atom is -0.374 e. The predicted molar refractivity (Wildman–Crippen MR) is 69.8 cm³/mol. The van der Waals surface area contributed by atoms with Crippen LogP contribution in [0.4, 0.5) is 4.39 Å². The number of benzene rings is 1. The van der Waals surface area contributed by atoms with Crippen molar-refractivity contribution in [2.75, 3.05) is 19.6 Å². The van der Waals surface area contributed by atoms with Crippen molar-refractivity contribution in [1.82, 2.24) is 9.80 Å². The standard InChI is InChI=1S/C14H19FN2O2/c1-10-9-16(11(2)18)6-7-17(10)14(19)12-4-3-5-13(15)8-12/h3-5,8,10,14,19H,6-7,9H2,1-2H3. The Kier molecular flexibility index (Phi) is 4.17. The highest BCUT2D eigenvalue weighted by molar-refractivity contribution is 5.73. The summed E-state index contributed by atoms with van der Waals surface area (Å²) in [6.45, 7) is 5.26. The van der Waals surface area contributed by atoms with Gasteiger partial charge in [-0.25, -0.2) is 4.39 Å². The molecule has 1 aliphatic rings. The first-order chi connectivity index (χ1) is 8.99. The van der Waals surface area contributed by atoms with E-state index in [1.165, 1.54) is 12.1 Å². The number of carbonyl (C=O) groups excluding carboxylic acids is 1. The summed E-state index contributed by atoms with van der Waals surface area (Å²) in [5.41, 5.74) is 0.545. The van der Waals surface area contributed by atoms with Crippen LogP contribution in [0.1, 0.15) is 25.6 Å². The predicted octanol–water partition coefficient (Wildman–Crippen LogP) is 1.37. The molecule has 5 heteroatoms. The molecular formula is C14H19FN2O2. The zero-order chi connectivity index (χ0) is 14.0. The summed E-state index contributed by atoms with van der Waals surface area (Å²) >= 11 is 0. The van der Waals surface area contributed by atoms with Gasteiger partial charge in [0.05, 0.1) is 0 Å². The summed E-state index contributed by atoms with van der Waals surface area (Å²) in [4.78, 5) is 15.0. The Bertz CT molecular complexity index is 467. The second-order valence-corrected chi connectivity index (χ2v) is 4.98. The first kappa shape index (κ1) is 14.0. The maximum Gasteiger partial charge on any atom is 0.219 e. The Morgan fingerprint density at radius 3 is 2.79 bits per heavy atom. The zero-order valence-electron chi connectivity index (χ0n) is 11.2. The number of hydrogen-bond acceptors (Lipinski definition) is 3. The maximum absolute atomic E-state index is 13.2. The molecule has 0 saturated carbocycles. The van der Waals surface area contributed by atoms with Crippen molar-refractivity contribution in [3.05, 3.63) is 35.6 Å². The van der Waals surface area contributed by atoms with Crippen LogP contribution < -0.4 is 0 Å². The van der Waals surface area contributed by atoms with Gasteiger partial charge in [-0.2, -0.15) is 0 Å². The average molecular weight is 266 g/mol. The van der Waals surface area contributed by atoms with Gasteiger partial charge in [0.15, 0.2) is 0 Å². The van der Waals surface area contributed by atoms with Gasteiger partial charge >= 0.3 is 0 Å². The number of carbonyl (C=O) groups is 1. The van der Waals surface area contributed by atoms with Gasteiger partial charge in [-0.1, -0.05) is 12.1 Å². The summed E-state index contributed by atoms with van der Waals surface area (Å²) in [6, 6.07) is 6.03. The number of halogens is 1. The van der Waals surface area contributed by atoms with Crippen LogP contribution in [0.25, 0.3) is 0 Å². The van der Waals surface area contributed by atoms with Crippen molar-refractivity contribution in [1.29, 1.82) is 0 Å². The van der Waals surface area contributed by atoms with Crippen molar-refractivity contribution >= 4 is 5.91 Å². The minimum atomic E-state index is -0.834. The highest BCUT2D eigenvalue weighted by Gasteiger charge is 2.30. The summed E-state index contributed by atoms with van der Waals surface area (Å²) < 4.78 is 13.2. The van der Waals surface area contributed by atoms with Crippen molar-refractivity contribution < 1.29 is 14.3 Å². The highest BCUT2D eigenvalue weighted by Crippen LogP contribution is 2.23. The van der Waals surface area contributed by atoms with E-state index >= 15 is 0 Å². The fourth-order valence-electron chi connectivity index (χ4n) is 2.48. The number of piperazine rings is 1. The maximum atomic E-state index is 13.2. The first-order valence-electron chi connectivity index (χ1n) is 6.44. The SMILES string of the molecule is CC(=O)N1CCN(C(O)c2cccc(F)c2)C(C)C1.